The number of piperidine rings is 1. The quantitative estimate of drug-likeness (QED) is 0.908. The number of halogens is 3. The Morgan fingerprint density at radius 1 is 1.35 bits per heavy atom. The fourth-order valence-corrected chi connectivity index (χ4v) is 2.56. The number of aliphatic hydroxyl groups excluding tert-OH is 1. The normalized spacial score (nSPS) is 19.8. The van der Waals surface area contributed by atoms with Gasteiger partial charge in [0.2, 0.25) is 0 Å². The predicted molar refractivity (Wildman–Crippen MR) is 68.2 cm³/mol. The third-order valence-corrected chi connectivity index (χ3v) is 3.59. The molecule has 0 bridgehead atoms. The lowest BCUT2D eigenvalue weighted by Gasteiger charge is -2.37. The molecule has 1 aliphatic rings. The predicted octanol–water partition coefficient (Wildman–Crippen LogP) is 2.93. The molecule has 2 rings (SSSR count). The van der Waals surface area contributed by atoms with Crippen LogP contribution in [0, 0.1) is 11.3 Å². The molecule has 108 valence electrons. The molecule has 1 atom stereocenters. The van der Waals surface area contributed by atoms with E-state index >= 15 is 0 Å². The summed E-state index contributed by atoms with van der Waals surface area (Å²) in [6, 6.07) is 4.88. The maximum Gasteiger partial charge on any atom is 0.416 e. The van der Waals surface area contributed by atoms with E-state index in [1.807, 2.05) is 11.0 Å². The molecule has 0 radical (unpaired) electrons. The molecule has 1 heterocycles. The zero-order valence-electron chi connectivity index (χ0n) is 10.8. The Kier molecular flexibility index (Phi) is 4.19. The molecule has 1 N–H and O–H groups in total. The summed E-state index contributed by atoms with van der Waals surface area (Å²) >= 11 is 0. The molecule has 0 aromatic heterocycles. The molecule has 20 heavy (non-hydrogen) atoms. The SMILES string of the molecule is N#Cc1cc(C(F)(F)F)ccc1N1CCCCC1CO. The van der Waals surface area contributed by atoms with Crippen LogP contribution in [0.25, 0.3) is 0 Å². The van der Waals surface area contributed by atoms with E-state index in [-0.39, 0.29) is 18.2 Å². The molecule has 0 spiro atoms. The van der Waals surface area contributed by atoms with Crippen LogP contribution in [0.2, 0.25) is 0 Å². The monoisotopic (exact) mass is 284 g/mol. The average molecular weight is 284 g/mol. The van der Waals surface area contributed by atoms with Crippen molar-refractivity contribution in [3.63, 3.8) is 0 Å². The van der Waals surface area contributed by atoms with Gasteiger partial charge in [-0.2, -0.15) is 18.4 Å². The van der Waals surface area contributed by atoms with Crippen LogP contribution in [-0.2, 0) is 6.18 Å². The van der Waals surface area contributed by atoms with Gasteiger partial charge in [-0.3, -0.25) is 0 Å². The first-order chi connectivity index (χ1) is 9.47. The average Bonchev–Trinajstić information content (AvgIpc) is 2.45. The molecule has 3 nitrogen and oxygen atoms in total. The van der Waals surface area contributed by atoms with E-state index in [0.717, 1.165) is 31.4 Å². The Balaban J connectivity index is 2.39. The maximum atomic E-state index is 12.7. The van der Waals surface area contributed by atoms with E-state index in [1.54, 1.807) is 0 Å². The minimum absolute atomic E-state index is 0.000162. The van der Waals surface area contributed by atoms with Crippen LogP contribution in [-0.4, -0.2) is 24.3 Å². The zero-order valence-corrected chi connectivity index (χ0v) is 10.8. The Morgan fingerprint density at radius 2 is 2.10 bits per heavy atom. The third kappa shape index (κ3) is 2.88. The van der Waals surface area contributed by atoms with E-state index in [2.05, 4.69) is 0 Å². The molecule has 0 aliphatic carbocycles. The van der Waals surface area contributed by atoms with Gasteiger partial charge in [-0.05, 0) is 37.5 Å². The summed E-state index contributed by atoms with van der Waals surface area (Å²) in [5, 5.41) is 18.5. The van der Waals surface area contributed by atoms with Crippen molar-refractivity contribution in [3.05, 3.63) is 29.3 Å². The number of benzene rings is 1. The molecule has 6 heteroatoms. The van der Waals surface area contributed by atoms with Crippen molar-refractivity contribution in [1.82, 2.24) is 0 Å². The van der Waals surface area contributed by atoms with Crippen LogP contribution in [0.4, 0.5) is 18.9 Å². The van der Waals surface area contributed by atoms with Crippen LogP contribution in [0.5, 0.6) is 0 Å². The van der Waals surface area contributed by atoms with Crippen molar-refractivity contribution in [2.45, 2.75) is 31.5 Å². The summed E-state index contributed by atoms with van der Waals surface area (Å²) in [7, 11) is 0. The summed E-state index contributed by atoms with van der Waals surface area (Å²) in [4.78, 5) is 1.84. The fraction of sp³-hybridized carbons (Fsp3) is 0.500. The number of hydrogen-bond donors (Lipinski definition) is 1. The first kappa shape index (κ1) is 14.7. The van der Waals surface area contributed by atoms with Gasteiger partial charge in [0.05, 0.1) is 29.5 Å². The second kappa shape index (κ2) is 5.71. The molecule has 1 fully saturated rings. The van der Waals surface area contributed by atoms with Crippen molar-refractivity contribution in [2.24, 2.45) is 0 Å². The van der Waals surface area contributed by atoms with Crippen LogP contribution in [0.3, 0.4) is 0 Å². The topological polar surface area (TPSA) is 47.3 Å². The van der Waals surface area contributed by atoms with Gasteiger partial charge in [0.25, 0.3) is 0 Å². The lowest BCUT2D eigenvalue weighted by atomic mass is 9.99. The molecular formula is C14H15F3N2O. The van der Waals surface area contributed by atoms with Gasteiger partial charge >= 0.3 is 6.18 Å². The van der Waals surface area contributed by atoms with Crippen LogP contribution < -0.4 is 4.90 Å². The summed E-state index contributed by atoms with van der Waals surface area (Å²) in [5.74, 6) is 0. The van der Waals surface area contributed by atoms with Crippen LogP contribution >= 0.6 is 0 Å². The third-order valence-electron chi connectivity index (χ3n) is 3.59. The van der Waals surface area contributed by atoms with E-state index in [1.165, 1.54) is 6.07 Å². The molecule has 0 saturated carbocycles. The van der Waals surface area contributed by atoms with Crippen molar-refractivity contribution < 1.29 is 18.3 Å². The largest absolute Gasteiger partial charge is 0.416 e. The lowest BCUT2D eigenvalue weighted by molar-refractivity contribution is -0.137. The Hall–Kier alpha value is -1.74. The van der Waals surface area contributed by atoms with Gasteiger partial charge in [0, 0.05) is 6.54 Å². The summed E-state index contributed by atoms with van der Waals surface area (Å²) < 4.78 is 38.0. The smallest absolute Gasteiger partial charge is 0.394 e. The highest BCUT2D eigenvalue weighted by molar-refractivity contribution is 5.61. The van der Waals surface area contributed by atoms with E-state index in [9.17, 15) is 18.3 Å². The molecule has 1 aliphatic heterocycles. The Labute approximate surface area is 115 Å². The summed E-state index contributed by atoms with van der Waals surface area (Å²) in [5.41, 5.74) is -0.352. The highest BCUT2D eigenvalue weighted by Crippen LogP contribution is 2.34. The second-order valence-electron chi connectivity index (χ2n) is 4.87. The van der Waals surface area contributed by atoms with Gasteiger partial charge in [0.1, 0.15) is 6.07 Å². The second-order valence-corrected chi connectivity index (χ2v) is 4.87. The molecule has 1 saturated heterocycles. The van der Waals surface area contributed by atoms with E-state index < -0.39 is 11.7 Å². The van der Waals surface area contributed by atoms with Gasteiger partial charge in [-0.1, -0.05) is 0 Å². The zero-order chi connectivity index (χ0) is 14.8. The molecule has 1 unspecified atom stereocenters. The van der Waals surface area contributed by atoms with Crippen LogP contribution in [0.1, 0.15) is 30.4 Å². The number of nitrogens with zero attached hydrogens (tertiary/aromatic N) is 2. The number of hydrogen-bond acceptors (Lipinski definition) is 3. The van der Waals surface area contributed by atoms with Crippen LogP contribution in [0.15, 0.2) is 18.2 Å². The number of anilines is 1. The molecular weight excluding hydrogens is 269 g/mol. The van der Waals surface area contributed by atoms with Crippen molar-refractivity contribution >= 4 is 5.69 Å². The molecule has 0 amide bonds. The van der Waals surface area contributed by atoms with Gasteiger partial charge < -0.3 is 10.0 Å². The molecule has 1 aromatic carbocycles. The number of nitriles is 1. The first-order valence-electron chi connectivity index (χ1n) is 6.46. The summed E-state index contributed by atoms with van der Waals surface area (Å²) in [6.45, 7) is 0.581. The first-order valence-corrected chi connectivity index (χ1v) is 6.46. The number of aliphatic hydroxyl groups is 1. The van der Waals surface area contributed by atoms with E-state index in [4.69, 9.17) is 5.26 Å². The standard InChI is InChI=1S/C14H15F3N2O/c15-14(16,17)11-4-5-13(10(7-11)8-18)19-6-2-1-3-12(19)9-20/h4-5,7,12,20H,1-3,6,9H2. The van der Waals surface area contributed by atoms with Crippen molar-refractivity contribution in [3.8, 4) is 6.07 Å². The minimum Gasteiger partial charge on any atom is -0.394 e. The van der Waals surface area contributed by atoms with Crippen molar-refractivity contribution in [2.75, 3.05) is 18.1 Å². The Morgan fingerprint density at radius 3 is 2.70 bits per heavy atom. The van der Waals surface area contributed by atoms with Gasteiger partial charge in [-0.25, -0.2) is 0 Å². The highest BCUT2D eigenvalue weighted by atomic mass is 19.4. The fourth-order valence-electron chi connectivity index (χ4n) is 2.56. The van der Waals surface area contributed by atoms with E-state index in [0.29, 0.717) is 12.2 Å². The number of alkyl halides is 3. The van der Waals surface area contributed by atoms with Crippen molar-refractivity contribution in [1.29, 1.82) is 5.26 Å². The Bertz CT molecular complexity index is 522. The number of rotatable bonds is 2. The minimum atomic E-state index is -4.46. The van der Waals surface area contributed by atoms with Gasteiger partial charge in [0.15, 0.2) is 0 Å². The summed E-state index contributed by atoms with van der Waals surface area (Å²) in [6.07, 6.45) is -1.79. The maximum absolute atomic E-state index is 12.7. The molecule has 1 aromatic rings. The lowest BCUT2D eigenvalue weighted by Crippen LogP contribution is -2.42. The van der Waals surface area contributed by atoms with Gasteiger partial charge in [-0.15, -0.1) is 0 Å². The highest BCUT2D eigenvalue weighted by Gasteiger charge is 2.32.